The van der Waals surface area contributed by atoms with Gasteiger partial charge in [0.2, 0.25) is 11.7 Å². The minimum Gasteiger partial charge on any atom is -0.507 e. The van der Waals surface area contributed by atoms with Crippen molar-refractivity contribution in [3.8, 4) is 11.5 Å². The first kappa shape index (κ1) is 28.6. The van der Waals surface area contributed by atoms with E-state index in [1.807, 2.05) is 0 Å². The van der Waals surface area contributed by atoms with E-state index < -0.39 is 64.5 Å². The topological polar surface area (TPSA) is 200 Å². The summed E-state index contributed by atoms with van der Waals surface area (Å²) < 4.78 is 6.05. The molecule has 2 unspecified atom stereocenters. The van der Waals surface area contributed by atoms with Crippen molar-refractivity contribution in [2.45, 2.75) is 31.0 Å². The van der Waals surface area contributed by atoms with Gasteiger partial charge < -0.3 is 35.8 Å². The number of nitrogens with zero attached hydrogens (tertiary/aromatic N) is 1. The molecule has 2 saturated carbocycles. The van der Waals surface area contributed by atoms with Gasteiger partial charge in [0.1, 0.15) is 17.4 Å². The average molecular weight is 630 g/mol. The first-order chi connectivity index (χ1) is 19.2. The van der Waals surface area contributed by atoms with Crippen LogP contribution in [0.2, 0.25) is 0 Å². The Bertz CT molecular complexity index is 1520. The lowest BCUT2D eigenvalue weighted by Crippen LogP contribution is -2.66. The summed E-state index contributed by atoms with van der Waals surface area (Å²) in [7, 11) is 3.44. The zero-order chi connectivity index (χ0) is 30.0. The highest BCUT2D eigenvalue weighted by Crippen LogP contribution is 2.53. The normalized spacial score (nSPS) is 27.0. The van der Waals surface area contributed by atoms with Crippen LogP contribution in [0.4, 0.5) is 16.2 Å². The molecular formula is C28H28BrN3O9. The Morgan fingerprint density at radius 3 is 2.41 bits per heavy atom. The molecule has 0 saturated heterocycles. The number of rotatable bonds is 4. The summed E-state index contributed by atoms with van der Waals surface area (Å²) in [5.74, 6) is -7.93. The van der Waals surface area contributed by atoms with Crippen LogP contribution < -0.4 is 20.7 Å². The molecule has 2 fully saturated rings. The van der Waals surface area contributed by atoms with Gasteiger partial charge >= 0.3 is 6.09 Å². The number of nitrogens with two attached hydrogens (primary N) is 1. The highest BCUT2D eigenvalue weighted by atomic mass is 79.9. The number of primary amides is 1. The van der Waals surface area contributed by atoms with Crippen LogP contribution in [-0.4, -0.2) is 69.8 Å². The maximum atomic E-state index is 13.7. The van der Waals surface area contributed by atoms with Crippen LogP contribution in [0, 0.1) is 17.8 Å². The minimum atomic E-state index is -2.68. The maximum Gasteiger partial charge on any atom is 0.417 e. The summed E-state index contributed by atoms with van der Waals surface area (Å²) >= 11 is 3.29. The fourth-order valence-electron chi connectivity index (χ4n) is 6.21. The van der Waals surface area contributed by atoms with Crippen LogP contribution in [0.3, 0.4) is 0 Å². The van der Waals surface area contributed by atoms with Crippen molar-refractivity contribution in [1.82, 2.24) is 0 Å². The monoisotopic (exact) mass is 629 g/mol. The number of Topliss-reactive ketones (excluding diaryl/α,β-unsaturated/α-hetero) is 2. The molecule has 2 aromatic rings. The van der Waals surface area contributed by atoms with Gasteiger partial charge in [0.25, 0.3) is 0 Å². The third-order valence-corrected chi connectivity index (χ3v) is 8.63. The van der Waals surface area contributed by atoms with Crippen molar-refractivity contribution in [1.29, 1.82) is 0 Å². The molecular weight excluding hydrogens is 602 g/mol. The van der Waals surface area contributed by atoms with E-state index in [9.17, 15) is 39.6 Å². The van der Waals surface area contributed by atoms with E-state index in [4.69, 9.17) is 10.5 Å². The number of phenolic OH excluding ortho intramolecular Hbond substituents is 1. The Labute approximate surface area is 242 Å². The number of fused-ring (bicyclic) bond motifs is 3. The molecule has 13 heteroatoms. The summed E-state index contributed by atoms with van der Waals surface area (Å²) in [5, 5.41) is 46.9. The Morgan fingerprint density at radius 2 is 1.80 bits per heavy atom. The lowest BCUT2D eigenvalue weighted by Gasteiger charge is -2.48. The average Bonchev–Trinajstić information content (AvgIpc) is 2.88. The van der Waals surface area contributed by atoms with E-state index in [2.05, 4.69) is 21.2 Å². The van der Waals surface area contributed by atoms with Gasteiger partial charge in [-0.15, -0.1) is 0 Å². The van der Waals surface area contributed by atoms with Gasteiger partial charge in [-0.1, -0.05) is 15.9 Å². The van der Waals surface area contributed by atoms with E-state index >= 15 is 0 Å². The molecule has 5 atom stereocenters. The van der Waals surface area contributed by atoms with Crippen LogP contribution in [-0.2, 0) is 20.8 Å². The van der Waals surface area contributed by atoms with Crippen molar-refractivity contribution < 1.29 is 44.3 Å². The van der Waals surface area contributed by atoms with Crippen LogP contribution in [0.1, 0.15) is 24.0 Å². The predicted molar refractivity (Wildman–Crippen MR) is 149 cm³/mol. The van der Waals surface area contributed by atoms with Crippen LogP contribution in [0.25, 0.3) is 5.76 Å². The van der Waals surface area contributed by atoms with Gasteiger partial charge in [0.15, 0.2) is 17.1 Å². The number of hydrogen-bond donors (Lipinski definition) is 6. The fourth-order valence-corrected chi connectivity index (χ4v) is 6.48. The first-order valence-corrected chi connectivity index (χ1v) is 13.6. The molecule has 12 nitrogen and oxygen atoms in total. The van der Waals surface area contributed by atoms with E-state index in [0.717, 1.165) is 4.47 Å². The van der Waals surface area contributed by atoms with Crippen LogP contribution in [0.15, 0.2) is 40.4 Å². The zero-order valence-corrected chi connectivity index (χ0v) is 23.6. The molecule has 7 N–H and O–H groups in total. The highest BCUT2D eigenvalue weighted by molar-refractivity contribution is 9.10. The molecule has 216 valence electrons. The highest BCUT2D eigenvalue weighted by Gasteiger charge is 2.64. The van der Waals surface area contributed by atoms with Crippen molar-refractivity contribution in [2.75, 3.05) is 24.3 Å². The molecule has 0 bridgehead atoms. The number of nitrogens with one attached hydrogen (secondary N) is 1. The number of ketones is 2. The number of ether oxygens (including phenoxy) is 1. The molecule has 5 rings (SSSR count). The number of aromatic hydroxyl groups is 1. The smallest absolute Gasteiger partial charge is 0.417 e. The third-order valence-electron chi connectivity index (χ3n) is 8.10. The number of aliphatic hydroxyl groups is 3. The number of phenols is 1. The number of halogens is 1. The second-order valence-corrected chi connectivity index (χ2v) is 11.7. The number of carbonyl (C=O) groups is 4. The van der Waals surface area contributed by atoms with Gasteiger partial charge in [-0.25, -0.2) is 4.79 Å². The Hall–Kier alpha value is -3.94. The molecule has 0 radical (unpaired) electrons. The molecule has 2 aromatic carbocycles. The van der Waals surface area contributed by atoms with Crippen molar-refractivity contribution in [2.24, 2.45) is 23.5 Å². The quantitative estimate of drug-likeness (QED) is 0.215. The number of anilines is 2. The lowest BCUT2D eigenvalue weighted by atomic mass is 9.56. The van der Waals surface area contributed by atoms with Gasteiger partial charge in [0, 0.05) is 35.7 Å². The number of benzene rings is 2. The van der Waals surface area contributed by atoms with Gasteiger partial charge in [-0.2, -0.15) is 0 Å². The lowest BCUT2D eigenvalue weighted by molar-refractivity contribution is -0.174. The van der Waals surface area contributed by atoms with Crippen molar-refractivity contribution in [3.05, 3.63) is 51.5 Å². The molecule has 0 spiro atoms. The maximum absolute atomic E-state index is 13.7. The third kappa shape index (κ3) is 4.53. The van der Waals surface area contributed by atoms with E-state index in [-0.39, 0.29) is 41.8 Å². The number of amides is 2. The fraction of sp³-hybridized carbons (Fsp3) is 0.357. The summed E-state index contributed by atoms with van der Waals surface area (Å²) in [6.07, 6.45) is -2.42. The molecule has 2 amide bonds. The Kier molecular flexibility index (Phi) is 7.08. The molecule has 0 aliphatic heterocycles. The summed E-state index contributed by atoms with van der Waals surface area (Å²) in [6, 6.07) is 7.96. The zero-order valence-electron chi connectivity index (χ0n) is 22.1. The van der Waals surface area contributed by atoms with E-state index in [0.29, 0.717) is 11.3 Å². The van der Waals surface area contributed by atoms with Crippen molar-refractivity contribution in [3.63, 3.8) is 0 Å². The Balaban J connectivity index is 1.57. The van der Waals surface area contributed by atoms with E-state index in [1.165, 1.54) is 6.07 Å². The summed E-state index contributed by atoms with van der Waals surface area (Å²) in [4.78, 5) is 53.1. The second kappa shape index (κ2) is 10.2. The van der Waals surface area contributed by atoms with Crippen LogP contribution in [0.5, 0.6) is 11.5 Å². The predicted octanol–water partition coefficient (Wildman–Crippen LogP) is 2.03. The largest absolute Gasteiger partial charge is 0.507 e. The first-order valence-electron chi connectivity index (χ1n) is 12.8. The van der Waals surface area contributed by atoms with Crippen LogP contribution >= 0.6 is 15.9 Å². The van der Waals surface area contributed by atoms with Crippen molar-refractivity contribution >= 4 is 56.6 Å². The molecule has 0 aromatic heterocycles. The van der Waals surface area contributed by atoms with E-state index in [1.54, 1.807) is 43.3 Å². The molecule has 0 heterocycles. The Morgan fingerprint density at radius 1 is 1.15 bits per heavy atom. The standard InChI is InChI=1S/C28H28BrN3O9/c1-32(2)17-10-16(31-27(39)41-14-5-3-13(29)4-6-14)22(34)20-15(17)8-11-7-12-9-18(33)21(26(30)38)25(37)28(12,40)24(36)19(11)23(20)35/h3-6,10-12,18,21,33-35,40H,7-9H2,1-2H3,(H2,30,38)(H,31,39)/t11-,12+,18?,21?,28+/m1/s1. The van der Waals surface area contributed by atoms with Gasteiger partial charge in [0.05, 0.1) is 17.4 Å². The SMILES string of the molecule is CN(C)c1cc(NC(=O)Oc2ccc(Br)cc2)c(O)c2c1C[C@H]1C[C@H]3CC(O)C(C(N)=O)C(=O)[C@@]3(O)C(=O)C1=C2O. The minimum absolute atomic E-state index is 0.0441. The summed E-state index contributed by atoms with van der Waals surface area (Å²) in [6.45, 7) is 0. The number of aliphatic hydroxyl groups excluding tert-OH is 2. The molecule has 3 aliphatic rings. The summed E-state index contributed by atoms with van der Waals surface area (Å²) in [5.41, 5.74) is 3.05. The van der Waals surface area contributed by atoms with Gasteiger partial charge in [-0.3, -0.25) is 19.7 Å². The second-order valence-electron chi connectivity index (χ2n) is 10.7. The molecule has 41 heavy (non-hydrogen) atoms. The molecule has 3 aliphatic carbocycles. The number of hydrogen-bond acceptors (Lipinski definition) is 10. The van der Waals surface area contributed by atoms with Gasteiger partial charge in [-0.05, 0) is 61.1 Å². The number of carbonyl (C=O) groups excluding carboxylic acids is 4.